The fraction of sp³-hybridized carbons (Fsp3) is 0. The number of aromatic nitrogens is 1. The summed E-state index contributed by atoms with van der Waals surface area (Å²) >= 11 is 0. The van der Waals surface area contributed by atoms with Crippen LogP contribution >= 0.6 is 0 Å². The zero-order chi connectivity index (χ0) is 5.11. The second kappa shape index (κ2) is 3.89. The first kappa shape index (κ1) is 7.95. The summed E-state index contributed by atoms with van der Waals surface area (Å²) in [6.07, 6.45) is 1.57. The molecule has 1 aromatic rings. The fourth-order valence-corrected chi connectivity index (χ4v) is 0.337. The Kier molecular flexibility index (Phi) is 3.87. The van der Waals surface area contributed by atoms with Crippen LogP contribution in [0.3, 0.4) is 0 Å². The van der Waals surface area contributed by atoms with Crippen LogP contribution in [-0.4, -0.2) is 4.98 Å². The minimum absolute atomic E-state index is 0. The molecule has 0 aliphatic carbocycles. The largest absolute Gasteiger partial charge is 1.00 e. The molecule has 8 heavy (non-hydrogen) atoms. The minimum atomic E-state index is -0.178. The van der Waals surface area contributed by atoms with Gasteiger partial charge in [0.15, 0.2) is 5.56 Å². The van der Waals surface area contributed by atoms with Crippen LogP contribution < -0.4 is 35.1 Å². The molecule has 36 valence electrons. The molecule has 2 nitrogen and oxygen atoms in total. The molecule has 1 aromatic heterocycles. The van der Waals surface area contributed by atoms with Gasteiger partial charge >= 0.3 is 29.6 Å². The minimum Gasteiger partial charge on any atom is -0.362 e. The molecule has 1 rings (SSSR count). The summed E-state index contributed by atoms with van der Waals surface area (Å²) in [6, 6.07) is 5.70. The van der Waals surface area contributed by atoms with Crippen molar-refractivity contribution >= 4 is 0 Å². The normalized spacial score (nSPS) is 7.50. The third-order valence-corrected chi connectivity index (χ3v) is 0.621. The molecule has 0 fully saturated rings. The smallest absolute Gasteiger partial charge is 0.362 e. The van der Waals surface area contributed by atoms with Crippen LogP contribution in [0.15, 0.2) is 23.1 Å². The van der Waals surface area contributed by atoms with E-state index in [1.165, 1.54) is 0 Å². The van der Waals surface area contributed by atoms with Crippen LogP contribution in [0.25, 0.3) is 0 Å². The van der Waals surface area contributed by atoms with Gasteiger partial charge in [0, 0.05) is 0 Å². The molecule has 0 aliphatic heterocycles. The first-order valence-corrected chi connectivity index (χ1v) is 1.95. The number of aromatic amines is 1. The SMILES string of the molecule is O=c1[c-]ccc[nH]1.[Na+]. The molecule has 0 aliphatic rings. The molecule has 1 N–H and O–H groups in total. The van der Waals surface area contributed by atoms with E-state index < -0.39 is 0 Å². The molecular weight excluding hydrogens is 113 g/mol. The van der Waals surface area contributed by atoms with Crippen LogP contribution in [0.1, 0.15) is 0 Å². The van der Waals surface area contributed by atoms with Crippen molar-refractivity contribution < 1.29 is 29.6 Å². The van der Waals surface area contributed by atoms with E-state index in [1.807, 2.05) is 0 Å². The number of hydrogen-bond donors (Lipinski definition) is 1. The zero-order valence-electron chi connectivity index (χ0n) is 4.64. The molecular formula is C5H4NNaO. The molecule has 0 aromatic carbocycles. The maximum Gasteiger partial charge on any atom is 1.00 e. The van der Waals surface area contributed by atoms with Gasteiger partial charge < -0.3 is 4.98 Å². The molecule has 0 unspecified atom stereocenters. The average Bonchev–Trinajstić information content (AvgIpc) is 1.69. The van der Waals surface area contributed by atoms with Crippen LogP contribution in [0, 0.1) is 6.07 Å². The van der Waals surface area contributed by atoms with Crippen molar-refractivity contribution in [3.63, 3.8) is 0 Å². The van der Waals surface area contributed by atoms with Gasteiger partial charge in [-0.2, -0.15) is 12.1 Å². The van der Waals surface area contributed by atoms with Gasteiger partial charge in [-0.05, 0) is 0 Å². The molecule has 0 radical (unpaired) electrons. The van der Waals surface area contributed by atoms with Crippen LogP contribution in [0.2, 0.25) is 0 Å². The number of pyridine rings is 1. The zero-order valence-corrected chi connectivity index (χ0v) is 6.64. The maximum atomic E-state index is 10.2. The Labute approximate surface area is 69.2 Å². The Morgan fingerprint density at radius 3 is 2.62 bits per heavy atom. The summed E-state index contributed by atoms with van der Waals surface area (Å²) in [4.78, 5) is 12.6. The van der Waals surface area contributed by atoms with Gasteiger partial charge in [0.25, 0.3) is 0 Å². The predicted molar refractivity (Wildman–Crippen MR) is 25.9 cm³/mol. The van der Waals surface area contributed by atoms with Gasteiger partial charge in [-0.15, -0.1) is 0 Å². The summed E-state index contributed by atoms with van der Waals surface area (Å²) in [6.45, 7) is 0. The van der Waals surface area contributed by atoms with Crippen molar-refractivity contribution in [1.82, 2.24) is 4.98 Å². The summed E-state index contributed by atoms with van der Waals surface area (Å²) in [5, 5.41) is 0. The van der Waals surface area contributed by atoms with Gasteiger partial charge in [0.2, 0.25) is 0 Å². The van der Waals surface area contributed by atoms with Gasteiger partial charge in [-0.1, -0.05) is 6.20 Å². The van der Waals surface area contributed by atoms with E-state index in [1.54, 1.807) is 18.3 Å². The standard InChI is InChI=1S/C5H4NO.Na/c7-5-3-1-2-4-6-5;/h1-2,4H,(H,6,7);/q-1;+1. The van der Waals surface area contributed by atoms with Crippen molar-refractivity contribution in [3.8, 4) is 0 Å². The summed E-state index contributed by atoms with van der Waals surface area (Å²) < 4.78 is 0. The van der Waals surface area contributed by atoms with Crippen LogP contribution in [-0.2, 0) is 0 Å². The second-order valence-corrected chi connectivity index (χ2v) is 1.14. The van der Waals surface area contributed by atoms with Gasteiger partial charge in [0.05, 0.1) is 0 Å². The van der Waals surface area contributed by atoms with E-state index >= 15 is 0 Å². The van der Waals surface area contributed by atoms with E-state index in [0.29, 0.717) is 0 Å². The maximum absolute atomic E-state index is 10.2. The Balaban J connectivity index is 0.000000490. The molecule has 3 heteroatoms. The van der Waals surface area contributed by atoms with Gasteiger partial charge in [0.1, 0.15) is 0 Å². The number of H-pyrrole nitrogens is 1. The van der Waals surface area contributed by atoms with E-state index in [0.717, 1.165) is 0 Å². The Bertz CT molecular complexity index is 178. The Hall–Kier alpha value is -0.0500. The third-order valence-electron chi connectivity index (χ3n) is 0.621. The predicted octanol–water partition coefficient (Wildman–Crippen LogP) is -2.82. The van der Waals surface area contributed by atoms with E-state index in [-0.39, 0.29) is 35.1 Å². The Morgan fingerprint density at radius 2 is 2.38 bits per heavy atom. The van der Waals surface area contributed by atoms with Gasteiger partial charge in [-0.3, -0.25) is 4.79 Å². The topological polar surface area (TPSA) is 32.9 Å². The summed E-state index contributed by atoms with van der Waals surface area (Å²) in [7, 11) is 0. The van der Waals surface area contributed by atoms with E-state index in [2.05, 4.69) is 11.1 Å². The van der Waals surface area contributed by atoms with E-state index in [4.69, 9.17) is 0 Å². The summed E-state index contributed by atoms with van der Waals surface area (Å²) in [5.41, 5.74) is -0.178. The third kappa shape index (κ3) is 2.31. The van der Waals surface area contributed by atoms with Crippen molar-refractivity contribution in [2.45, 2.75) is 0 Å². The Morgan fingerprint density at radius 1 is 1.62 bits per heavy atom. The average molecular weight is 117 g/mol. The second-order valence-electron chi connectivity index (χ2n) is 1.14. The molecule has 0 saturated heterocycles. The molecule has 0 atom stereocenters. The molecule has 0 amide bonds. The monoisotopic (exact) mass is 117 g/mol. The van der Waals surface area contributed by atoms with Crippen molar-refractivity contribution in [2.24, 2.45) is 0 Å². The summed E-state index contributed by atoms with van der Waals surface area (Å²) in [5.74, 6) is 0. The van der Waals surface area contributed by atoms with Crippen molar-refractivity contribution in [3.05, 3.63) is 34.7 Å². The van der Waals surface area contributed by atoms with E-state index in [9.17, 15) is 4.79 Å². The molecule has 0 spiro atoms. The van der Waals surface area contributed by atoms with Crippen LogP contribution in [0.5, 0.6) is 0 Å². The molecule has 0 bridgehead atoms. The molecule has 1 heterocycles. The quantitative estimate of drug-likeness (QED) is 0.288. The van der Waals surface area contributed by atoms with Crippen LogP contribution in [0.4, 0.5) is 0 Å². The van der Waals surface area contributed by atoms with Crippen molar-refractivity contribution in [1.29, 1.82) is 0 Å². The van der Waals surface area contributed by atoms with Gasteiger partial charge in [-0.25, -0.2) is 6.07 Å². The molecule has 0 saturated carbocycles. The fourth-order valence-electron chi connectivity index (χ4n) is 0.337. The first-order chi connectivity index (χ1) is 3.39. The number of hydrogen-bond acceptors (Lipinski definition) is 1. The number of rotatable bonds is 0. The first-order valence-electron chi connectivity index (χ1n) is 1.95. The number of nitrogens with one attached hydrogen (secondary N) is 1. The van der Waals surface area contributed by atoms with Crippen molar-refractivity contribution in [2.75, 3.05) is 0 Å².